The Morgan fingerprint density at radius 2 is 1.70 bits per heavy atom. The highest BCUT2D eigenvalue weighted by atomic mass is 32.2. The molecule has 2 heterocycles. The minimum Gasteiger partial charge on any atom is -0.494 e. The van der Waals surface area contributed by atoms with Crippen LogP contribution in [0.2, 0.25) is 0 Å². The summed E-state index contributed by atoms with van der Waals surface area (Å²) in [4.78, 5) is 30.7. The van der Waals surface area contributed by atoms with Gasteiger partial charge in [-0.2, -0.15) is 0 Å². The minimum absolute atomic E-state index is 0.0337. The zero-order valence-electron chi connectivity index (χ0n) is 19.0. The summed E-state index contributed by atoms with van der Waals surface area (Å²) in [7, 11) is -2.06. The lowest BCUT2D eigenvalue weighted by Gasteiger charge is -2.09. The molecule has 0 atom stereocenters. The first-order chi connectivity index (χ1) is 15.9. The number of hydrogen-bond donors (Lipinski definition) is 0. The van der Waals surface area contributed by atoms with Crippen LogP contribution in [-0.4, -0.2) is 36.6 Å². The number of carbonyl (C=O) groups is 1. The first kappa shape index (κ1) is 23.2. The van der Waals surface area contributed by atoms with E-state index in [4.69, 9.17) is 4.74 Å². The van der Waals surface area contributed by atoms with Gasteiger partial charge in [0.25, 0.3) is 5.56 Å². The lowest BCUT2D eigenvalue weighted by atomic mass is 10.1. The smallest absolute Gasteiger partial charge is 0.266 e. The number of carbonyl (C=O) groups excluding carboxylic acids is 1. The van der Waals surface area contributed by atoms with Gasteiger partial charge in [-0.15, -0.1) is 0 Å². The van der Waals surface area contributed by atoms with Crippen molar-refractivity contribution in [1.29, 1.82) is 0 Å². The Morgan fingerprint density at radius 1 is 0.970 bits per heavy atom. The fourth-order valence-electron chi connectivity index (χ4n) is 4.30. The Hall–Kier alpha value is -3.00. The highest BCUT2D eigenvalue weighted by Gasteiger charge is 2.32. The standard InChI is InChI=1S/C25H28N2O5S/c1-3-4-5-6-7-8-9-15-33(30,31)17-13-14-20-19(16-17)23(28)24-26-22-18(25(29)27(20)24)11-10-12-21(22)32-2/h10-14,16H,3-9,15H2,1-2H3. The normalized spacial score (nSPS) is 12.7. The van der Waals surface area contributed by atoms with Gasteiger partial charge in [0.05, 0.1) is 34.4 Å². The minimum atomic E-state index is -3.53. The second kappa shape index (κ2) is 9.47. The van der Waals surface area contributed by atoms with Gasteiger partial charge in [0.1, 0.15) is 11.3 Å². The van der Waals surface area contributed by atoms with Gasteiger partial charge in [-0.05, 0) is 36.8 Å². The van der Waals surface area contributed by atoms with Crippen LogP contribution in [0.5, 0.6) is 5.75 Å². The third-order valence-electron chi connectivity index (χ3n) is 6.11. The lowest BCUT2D eigenvalue weighted by molar-refractivity contribution is 0.103. The summed E-state index contributed by atoms with van der Waals surface area (Å²) in [6.07, 6.45) is 7.19. The van der Waals surface area contributed by atoms with E-state index < -0.39 is 15.6 Å². The predicted octanol–water partition coefficient (Wildman–Crippen LogP) is 4.46. The molecule has 0 aliphatic carbocycles. The Labute approximate surface area is 193 Å². The molecular weight excluding hydrogens is 440 g/mol. The number of sulfone groups is 1. The average Bonchev–Trinajstić information content (AvgIpc) is 3.10. The molecule has 4 rings (SSSR count). The molecule has 0 radical (unpaired) electrons. The number of fused-ring (bicyclic) bond motifs is 4. The monoisotopic (exact) mass is 468 g/mol. The van der Waals surface area contributed by atoms with Crippen LogP contribution in [0.15, 0.2) is 46.1 Å². The number of rotatable bonds is 10. The summed E-state index contributed by atoms with van der Waals surface area (Å²) >= 11 is 0. The van der Waals surface area contributed by atoms with Crippen molar-refractivity contribution in [2.75, 3.05) is 12.9 Å². The fraction of sp³-hybridized carbons (Fsp3) is 0.400. The number of nitrogens with zero attached hydrogens (tertiary/aromatic N) is 2. The van der Waals surface area contributed by atoms with Gasteiger partial charge in [0.2, 0.25) is 5.78 Å². The van der Waals surface area contributed by atoms with Crippen LogP contribution >= 0.6 is 0 Å². The zero-order chi connectivity index (χ0) is 23.6. The van der Waals surface area contributed by atoms with Crippen LogP contribution in [0.25, 0.3) is 16.6 Å². The largest absolute Gasteiger partial charge is 0.494 e. The number of benzene rings is 2. The Balaban J connectivity index is 1.60. The molecular formula is C25H28N2O5S. The highest BCUT2D eigenvalue weighted by molar-refractivity contribution is 7.91. The molecule has 0 unspecified atom stereocenters. The van der Waals surface area contributed by atoms with E-state index in [0.717, 1.165) is 19.3 Å². The molecule has 7 nitrogen and oxygen atoms in total. The first-order valence-corrected chi connectivity index (χ1v) is 13.1. The van der Waals surface area contributed by atoms with Crippen LogP contribution in [0.1, 0.15) is 68.1 Å². The average molecular weight is 469 g/mol. The lowest BCUT2D eigenvalue weighted by Crippen LogP contribution is -2.21. The van der Waals surface area contributed by atoms with Gasteiger partial charge in [-0.25, -0.2) is 13.4 Å². The molecule has 2 aromatic carbocycles. The second-order valence-electron chi connectivity index (χ2n) is 8.38. The number of methoxy groups -OCH3 is 1. The first-order valence-electron chi connectivity index (χ1n) is 11.4. The second-order valence-corrected chi connectivity index (χ2v) is 10.5. The summed E-state index contributed by atoms with van der Waals surface area (Å²) in [6.45, 7) is 2.16. The van der Waals surface area contributed by atoms with Crippen molar-refractivity contribution in [3.8, 4) is 11.4 Å². The van der Waals surface area contributed by atoms with Crippen LogP contribution in [-0.2, 0) is 9.84 Å². The Bertz CT molecular complexity index is 1380. The molecule has 1 aliphatic heterocycles. The third kappa shape index (κ3) is 4.31. The van der Waals surface area contributed by atoms with E-state index >= 15 is 0 Å². The number of unbranched alkanes of at least 4 members (excludes halogenated alkanes) is 6. The predicted molar refractivity (Wildman–Crippen MR) is 127 cm³/mol. The number of aromatic nitrogens is 2. The third-order valence-corrected chi connectivity index (χ3v) is 7.91. The SMILES string of the molecule is CCCCCCCCCS(=O)(=O)c1ccc2c(c1)C(=O)c1nc3c(OC)cccc3c(=O)n1-2. The van der Waals surface area contributed by atoms with Gasteiger partial charge in [-0.3, -0.25) is 14.2 Å². The van der Waals surface area contributed by atoms with E-state index in [2.05, 4.69) is 11.9 Å². The van der Waals surface area contributed by atoms with Crippen molar-refractivity contribution in [3.63, 3.8) is 0 Å². The molecule has 0 saturated heterocycles. The topological polar surface area (TPSA) is 95.3 Å². The highest BCUT2D eigenvalue weighted by Crippen LogP contribution is 2.31. The van der Waals surface area contributed by atoms with E-state index in [9.17, 15) is 18.0 Å². The summed E-state index contributed by atoms with van der Waals surface area (Å²) in [5, 5.41) is 0.328. The number of ether oxygens (including phenoxy) is 1. The molecule has 0 saturated carbocycles. The number of para-hydroxylation sites is 1. The maximum absolute atomic E-state index is 13.1. The van der Waals surface area contributed by atoms with E-state index in [1.54, 1.807) is 18.2 Å². The van der Waals surface area contributed by atoms with Gasteiger partial charge in [0, 0.05) is 0 Å². The quantitative estimate of drug-likeness (QED) is 0.319. The fourth-order valence-corrected chi connectivity index (χ4v) is 5.69. The maximum Gasteiger partial charge on any atom is 0.266 e. The summed E-state index contributed by atoms with van der Waals surface area (Å²) in [6, 6.07) is 9.37. The number of hydrogen-bond acceptors (Lipinski definition) is 6. The van der Waals surface area contributed by atoms with Crippen LogP contribution in [0.3, 0.4) is 0 Å². The molecule has 1 aliphatic rings. The van der Waals surface area contributed by atoms with E-state index in [1.165, 1.54) is 49.1 Å². The molecule has 174 valence electrons. The molecule has 3 aromatic rings. The van der Waals surface area contributed by atoms with Crippen molar-refractivity contribution >= 4 is 26.5 Å². The van der Waals surface area contributed by atoms with Gasteiger partial charge in [-0.1, -0.05) is 51.5 Å². The molecule has 8 heteroatoms. The summed E-state index contributed by atoms with van der Waals surface area (Å²) in [5.41, 5.74) is 0.450. The zero-order valence-corrected chi connectivity index (χ0v) is 19.8. The van der Waals surface area contributed by atoms with Crippen LogP contribution in [0, 0.1) is 0 Å². The Morgan fingerprint density at radius 3 is 2.42 bits per heavy atom. The van der Waals surface area contributed by atoms with Gasteiger partial charge >= 0.3 is 0 Å². The van der Waals surface area contributed by atoms with Crippen LogP contribution < -0.4 is 10.3 Å². The molecule has 0 spiro atoms. The van der Waals surface area contributed by atoms with Crippen molar-refractivity contribution < 1.29 is 17.9 Å². The summed E-state index contributed by atoms with van der Waals surface area (Å²) < 4.78 is 32.3. The molecule has 0 bridgehead atoms. The van der Waals surface area contributed by atoms with Crippen molar-refractivity contribution in [2.24, 2.45) is 0 Å². The van der Waals surface area contributed by atoms with Gasteiger partial charge < -0.3 is 4.74 Å². The molecule has 33 heavy (non-hydrogen) atoms. The summed E-state index contributed by atoms with van der Waals surface area (Å²) in [5.74, 6) is -0.0637. The van der Waals surface area contributed by atoms with E-state index in [-0.39, 0.29) is 27.6 Å². The van der Waals surface area contributed by atoms with Crippen LogP contribution in [0.4, 0.5) is 0 Å². The maximum atomic E-state index is 13.1. The molecule has 1 aromatic heterocycles. The molecule has 0 fully saturated rings. The molecule has 0 N–H and O–H groups in total. The van der Waals surface area contributed by atoms with Crippen molar-refractivity contribution in [1.82, 2.24) is 9.55 Å². The van der Waals surface area contributed by atoms with E-state index in [1.807, 2.05) is 0 Å². The van der Waals surface area contributed by atoms with Crippen molar-refractivity contribution in [3.05, 3.63) is 58.1 Å². The van der Waals surface area contributed by atoms with Gasteiger partial charge in [0.15, 0.2) is 15.7 Å². The van der Waals surface area contributed by atoms with E-state index in [0.29, 0.717) is 28.8 Å². The number of ketones is 1. The van der Waals surface area contributed by atoms with Crippen molar-refractivity contribution in [2.45, 2.75) is 56.8 Å². The Kier molecular flexibility index (Phi) is 6.65. The molecule has 0 amide bonds.